The van der Waals surface area contributed by atoms with E-state index in [0.29, 0.717) is 4.91 Å². The fourth-order valence-electron chi connectivity index (χ4n) is 2.37. The zero-order valence-electron chi connectivity index (χ0n) is 13.0. The Labute approximate surface area is 166 Å². The number of rotatable bonds is 3. The molecule has 3 aromatic rings. The summed E-state index contributed by atoms with van der Waals surface area (Å²) >= 11 is 5.82. The van der Waals surface area contributed by atoms with Gasteiger partial charge in [-0.25, -0.2) is 17.6 Å². The summed E-state index contributed by atoms with van der Waals surface area (Å²) in [6.45, 7) is 0. The molecular weight excluding hydrogens is 468 g/mol. The van der Waals surface area contributed by atoms with Gasteiger partial charge in [-0.1, -0.05) is 0 Å². The molecular formula is C16H7BrF4N4S2. The Hall–Kier alpha value is -1.98. The molecule has 0 radical (unpaired) electrons. The van der Waals surface area contributed by atoms with Crippen LogP contribution >= 0.6 is 39.0 Å². The van der Waals surface area contributed by atoms with Gasteiger partial charge in [0, 0.05) is 31.3 Å². The fourth-order valence-corrected chi connectivity index (χ4v) is 4.75. The molecule has 138 valence electrons. The average Bonchev–Trinajstić information content (AvgIpc) is 3.20. The number of thioether (sulfide) groups is 1. The van der Waals surface area contributed by atoms with Gasteiger partial charge in [0.2, 0.25) is 11.0 Å². The number of halogens is 5. The summed E-state index contributed by atoms with van der Waals surface area (Å²) < 4.78 is 55.7. The van der Waals surface area contributed by atoms with Gasteiger partial charge in [0.05, 0.1) is 0 Å². The Bertz CT molecular complexity index is 1090. The Morgan fingerprint density at radius 3 is 2.63 bits per heavy atom. The maximum Gasteiger partial charge on any atom is 0.299 e. The molecule has 0 saturated carbocycles. The highest BCUT2D eigenvalue weighted by Gasteiger charge is 2.29. The number of benzene rings is 1. The lowest BCUT2D eigenvalue weighted by molar-refractivity contribution is 0.135. The van der Waals surface area contributed by atoms with E-state index in [9.17, 15) is 17.6 Å². The summed E-state index contributed by atoms with van der Waals surface area (Å²) in [4.78, 5) is 1.32. The van der Waals surface area contributed by atoms with E-state index < -0.39 is 23.9 Å². The van der Waals surface area contributed by atoms with Gasteiger partial charge in [-0.05, 0) is 52.0 Å². The van der Waals surface area contributed by atoms with E-state index in [4.69, 9.17) is 0 Å². The maximum absolute atomic E-state index is 14.4. The van der Waals surface area contributed by atoms with Gasteiger partial charge >= 0.3 is 0 Å². The molecule has 0 bridgehead atoms. The van der Waals surface area contributed by atoms with E-state index >= 15 is 0 Å². The minimum absolute atomic E-state index is 0.00895. The van der Waals surface area contributed by atoms with Crippen molar-refractivity contribution in [1.29, 1.82) is 0 Å². The molecule has 0 fully saturated rings. The summed E-state index contributed by atoms with van der Waals surface area (Å²) in [7, 11) is 0. The first-order valence-corrected chi connectivity index (χ1v) is 9.83. The SMILES string of the molecule is Fc1ccc(C2=Nn3c(nnc3C(F)F)SC2=Cc2cc(Br)cs2)c(F)c1. The third-order valence-corrected chi connectivity index (χ3v) is 6.12. The number of fused-ring (bicyclic) bond motifs is 1. The van der Waals surface area contributed by atoms with E-state index in [1.807, 2.05) is 11.4 Å². The lowest BCUT2D eigenvalue weighted by Crippen LogP contribution is -2.15. The van der Waals surface area contributed by atoms with Crippen LogP contribution in [0.25, 0.3) is 6.08 Å². The van der Waals surface area contributed by atoms with Crippen LogP contribution in [0.2, 0.25) is 0 Å². The van der Waals surface area contributed by atoms with Crippen molar-refractivity contribution in [1.82, 2.24) is 14.9 Å². The van der Waals surface area contributed by atoms with Gasteiger partial charge in [-0.2, -0.15) is 9.78 Å². The summed E-state index contributed by atoms with van der Waals surface area (Å²) in [5.74, 6) is -2.23. The lowest BCUT2D eigenvalue weighted by Gasteiger charge is -2.17. The van der Waals surface area contributed by atoms with Crippen LogP contribution in [0, 0.1) is 11.6 Å². The predicted molar refractivity (Wildman–Crippen MR) is 99.1 cm³/mol. The number of alkyl halides is 2. The number of hydrogen-bond acceptors (Lipinski definition) is 5. The van der Waals surface area contributed by atoms with E-state index in [0.717, 1.165) is 37.9 Å². The fraction of sp³-hybridized carbons (Fsp3) is 0.0625. The van der Waals surface area contributed by atoms with Gasteiger partial charge < -0.3 is 0 Å². The van der Waals surface area contributed by atoms with E-state index in [1.165, 1.54) is 17.4 Å². The molecule has 0 spiro atoms. The van der Waals surface area contributed by atoms with E-state index in [-0.39, 0.29) is 16.4 Å². The number of allylic oxidation sites excluding steroid dienone is 1. The molecule has 0 atom stereocenters. The van der Waals surface area contributed by atoms with Crippen molar-refractivity contribution in [2.45, 2.75) is 11.6 Å². The van der Waals surface area contributed by atoms with Crippen LogP contribution in [-0.2, 0) is 0 Å². The van der Waals surface area contributed by atoms with Gasteiger partial charge in [0.15, 0.2) is 0 Å². The van der Waals surface area contributed by atoms with Crippen molar-refractivity contribution in [3.8, 4) is 0 Å². The van der Waals surface area contributed by atoms with Crippen molar-refractivity contribution in [3.63, 3.8) is 0 Å². The molecule has 3 heterocycles. The zero-order valence-corrected chi connectivity index (χ0v) is 16.3. The van der Waals surface area contributed by atoms with Crippen LogP contribution in [0.1, 0.15) is 22.7 Å². The van der Waals surface area contributed by atoms with Crippen molar-refractivity contribution in [2.75, 3.05) is 0 Å². The first-order valence-electron chi connectivity index (χ1n) is 7.34. The molecule has 1 aliphatic heterocycles. The lowest BCUT2D eigenvalue weighted by atomic mass is 10.1. The van der Waals surface area contributed by atoms with E-state index in [2.05, 4.69) is 31.2 Å². The minimum Gasteiger partial charge on any atom is -0.207 e. The van der Waals surface area contributed by atoms with Crippen LogP contribution in [0.15, 0.2) is 49.3 Å². The standard InChI is InChI=1S/C16H7BrF4N4S2/c17-7-3-9(26-6-7)5-12-13(10-2-1-8(18)4-11(10)19)24-25-15(14(20)21)22-23-16(25)27-12/h1-6,14H. The summed E-state index contributed by atoms with van der Waals surface area (Å²) in [6, 6.07) is 4.87. The number of aromatic nitrogens is 3. The minimum atomic E-state index is -2.89. The summed E-state index contributed by atoms with van der Waals surface area (Å²) in [5, 5.41) is 13.3. The first-order chi connectivity index (χ1) is 12.9. The molecule has 4 nitrogen and oxygen atoms in total. The van der Waals surface area contributed by atoms with Crippen LogP contribution in [0.5, 0.6) is 0 Å². The maximum atomic E-state index is 14.4. The van der Waals surface area contributed by atoms with Crippen LogP contribution < -0.4 is 0 Å². The molecule has 27 heavy (non-hydrogen) atoms. The van der Waals surface area contributed by atoms with Gasteiger partial charge in [-0.3, -0.25) is 0 Å². The highest BCUT2D eigenvalue weighted by Crippen LogP contribution is 2.37. The molecule has 0 saturated heterocycles. The Morgan fingerprint density at radius 2 is 1.96 bits per heavy atom. The molecule has 0 amide bonds. The molecule has 0 aliphatic carbocycles. The molecule has 0 unspecified atom stereocenters. The summed E-state index contributed by atoms with van der Waals surface area (Å²) in [5.41, 5.74) is 0.0848. The van der Waals surface area contributed by atoms with Crippen LogP contribution in [0.3, 0.4) is 0 Å². The number of nitrogens with zero attached hydrogens (tertiary/aromatic N) is 4. The highest BCUT2D eigenvalue weighted by atomic mass is 79.9. The third-order valence-electron chi connectivity index (χ3n) is 3.51. The Balaban J connectivity index is 1.90. The molecule has 1 aromatic carbocycles. The molecule has 4 rings (SSSR count). The third kappa shape index (κ3) is 3.58. The van der Waals surface area contributed by atoms with Crippen molar-refractivity contribution in [3.05, 3.63) is 66.9 Å². The Kier molecular flexibility index (Phi) is 4.91. The second kappa shape index (κ2) is 7.21. The molecule has 1 aliphatic rings. The molecule has 0 N–H and O–H groups in total. The van der Waals surface area contributed by atoms with Crippen molar-refractivity contribution >= 4 is 50.8 Å². The van der Waals surface area contributed by atoms with E-state index in [1.54, 1.807) is 6.08 Å². The quantitative estimate of drug-likeness (QED) is 0.456. The molecule has 2 aromatic heterocycles. The van der Waals surface area contributed by atoms with Crippen LogP contribution in [-0.4, -0.2) is 20.6 Å². The number of hydrogen-bond donors (Lipinski definition) is 0. The smallest absolute Gasteiger partial charge is 0.207 e. The van der Waals surface area contributed by atoms with Gasteiger partial charge in [0.1, 0.15) is 17.3 Å². The zero-order chi connectivity index (χ0) is 19.1. The summed E-state index contributed by atoms with van der Waals surface area (Å²) in [6.07, 6.45) is -1.16. The van der Waals surface area contributed by atoms with Gasteiger partial charge in [-0.15, -0.1) is 21.5 Å². The number of thiophene rings is 1. The predicted octanol–water partition coefficient (Wildman–Crippen LogP) is 5.72. The normalized spacial score (nSPS) is 15.3. The monoisotopic (exact) mass is 474 g/mol. The topological polar surface area (TPSA) is 43.1 Å². The second-order valence-corrected chi connectivity index (χ2v) is 8.17. The first kappa shape index (κ1) is 18.4. The molecule has 11 heteroatoms. The Morgan fingerprint density at radius 1 is 1.15 bits per heavy atom. The highest BCUT2D eigenvalue weighted by molar-refractivity contribution is 9.10. The van der Waals surface area contributed by atoms with Crippen molar-refractivity contribution in [2.24, 2.45) is 5.10 Å². The van der Waals surface area contributed by atoms with Gasteiger partial charge in [0.25, 0.3) is 6.43 Å². The van der Waals surface area contributed by atoms with Crippen molar-refractivity contribution < 1.29 is 17.6 Å². The largest absolute Gasteiger partial charge is 0.299 e. The average molecular weight is 475 g/mol. The second-order valence-electron chi connectivity index (χ2n) is 5.30. The van der Waals surface area contributed by atoms with Crippen LogP contribution in [0.4, 0.5) is 17.6 Å².